The summed E-state index contributed by atoms with van der Waals surface area (Å²) in [4.78, 5) is 4.22. The Balaban J connectivity index is 2.24. The number of hydrogen-bond donors (Lipinski definition) is 1. The normalized spacial score (nSPS) is 10.2. The summed E-state index contributed by atoms with van der Waals surface area (Å²) in [6.07, 6.45) is 6.57. The maximum Gasteiger partial charge on any atom is 0.203 e. The average Bonchev–Trinajstić information content (AvgIpc) is 2.66. The van der Waals surface area contributed by atoms with Gasteiger partial charge in [0.15, 0.2) is 0 Å². The zero-order valence-electron chi connectivity index (χ0n) is 9.28. The standard InChI is InChI=1S/C11H19N3O/c1-3-8-14-9-7-13-11(14)12-6-5-10-15-4-2/h3,7,9H,1,4-6,8,10H2,2H3,(H,12,13). The highest BCUT2D eigenvalue weighted by atomic mass is 16.5. The molecule has 15 heavy (non-hydrogen) atoms. The van der Waals surface area contributed by atoms with Crippen LogP contribution in [0.25, 0.3) is 0 Å². The van der Waals surface area contributed by atoms with E-state index < -0.39 is 0 Å². The molecule has 0 saturated carbocycles. The van der Waals surface area contributed by atoms with Crippen LogP contribution in [0.4, 0.5) is 5.95 Å². The topological polar surface area (TPSA) is 39.1 Å². The first-order valence-corrected chi connectivity index (χ1v) is 5.32. The highest BCUT2D eigenvalue weighted by molar-refractivity contribution is 5.25. The van der Waals surface area contributed by atoms with Gasteiger partial charge in [0.2, 0.25) is 5.95 Å². The van der Waals surface area contributed by atoms with Crippen molar-refractivity contribution < 1.29 is 4.74 Å². The predicted octanol–water partition coefficient (Wildman–Crippen LogP) is 1.91. The van der Waals surface area contributed by atoms with Crippen LogP contribution in [0.3, 0.4) is 0 Å². The fourth-order valence-electron chi connectivity index (χ4n) is 1.28. The van der Waals surface area contributed by atoms with Gasteiger partial charge in [-0.3, -0.25) is 0 Å². The number of rotatable bonds is 8. The number of hydrogen-bond acceptors (Lipinski definition) is 3. The smallest absolute Gasteiger partial charge is 0.203 e. The van der Waals surface area contributed by atoms with Gasteiger partial charge in [-0.25, -0.2) is 4.98 Å². The molecule has 84 valence electrons. The minimum Gasteiger partial charge on any atom is -0.382 e. The van der Waals surface area contributed by atoms with Crippen molar-refractivity contribution in [2.75, 3.05) is 25.1 Å². The van der Waals surface area contributed by atoms with Crippen molar-refractivity contribution in [3.63, 3.8) is 0 Å². The average molecular weight is 209 g/mol. The summed E-state index contributed by atoms with van der Waals surface area (Å²) in [6, 6.07) is 0. The summed E-state index contributed by atoms with van der Waals surface area (Å²) in [5, 5.41) is 3.26. The van der Waals surface area contributed by atoms with Crippen LogP contribution >= 0.6 is 0 Å². The van der Waals surface area contributed by atoms with E-state index in [-0.39, 0.29) is 0 Å². The molecule has 0 aliphatic carbocycles. The van der Waals surface area contributed by atoms with Crippen LogP contribution in [-0.4, -0.2) is 29.3 Å². The second kappa shape index (κ2) is 7.06. The summed E-state index contributed by atoms with van der Waals surface area (Å²) in [5.74, 6) is 0.895. The van der Waals surface area contributed by atoms with Crippen molar-refractivity contribution in [3.8, 4) is 0 Å². The molecule has 1 heterocycles. The van der Waals surface area contributed by atoms with E-state index in [1.807, 2.05) is 23.8 Å². The Labute approximate surface area is 91.0 Å². The maximum absolute atomic E-state index is 5.25. The quantitative estimate of drug-likeness (QED) is 0.525. The summed E-state index contributed by atoms with van der Waals surface area (Å²) < 4.78 is 7.27. The van der Waals surface area contributed by atoms with Crippen LogP contribution in [0.1, 0.15) is 13.3 Å². The SMILES string of the molecule is C=CCn1ccnc1NCCCOCC. The first-order valence-electron chi connectivity index (χ1n) is 5.32. The van der Waals surface area contributed by atoms with E-state index in [4.69, 9.17) is 4.74 Å². The number of imidazole rings is 1. The lowest BCUT2D eigenvalue weighted by Gasteiger charge is -2.07. The van der Waals surface area contributed by atoms with Crippen molar-refractivity contribution in [2.45, 2.75) is 19.9 Å². The lowest BCUT2D eigenvalue weighted by molar-refractivity contribution is 0.147. The number of nitrogens with zero attached hydrogens (tertiary/aromatic N) is 2. The molecule has 0 spiro atoms. The first kappa shape index (κ1) is 11.8. The molecule has 0 amide bonds. The van der Waals surface area contributed by atoms with E-state index in [0.29, 0.717) is 0 Å². The second-order valence-electron chi connectivity index (χ2n) is 3.17. The Morgan fingerprint density at radius 2 is 2.53 bits per heavy atom. The highest BCUT2D eigenvalue weighted by Gasteiger charge is 1.98. The van der Waals surface area contributed by atoms with Gasteiger partial charge in [-0.05, 0) is 13.3 Å². The Bertz CT molecular complexity index is 283. The van der Waals surface area contributed by atoms with Gasteiger partial charge < -0.3 is 14.6 Å². The van der Waals surface area contributed by atoms with Crippen LogP contribution in [0.15, 0.2) is 25.0 Å². The van der Waals surface area contributed by atoms with Gasteiger partial charge in [0.25, 0.3) is 0 Å². The van der Waals surface area contributed by atoms with Crippen LogP contribution in [-0.2, 0) is 11.3 Å². The summed E-state index contributed by atoms with van der Waals surface area (Å²) in [6.45, 7) is 8.95. The maximum atomic E-state index is 5.25. The lowest BCUT2D eigenvalue weighted by Crippen LogP contribution is -2.10. The molecule has 0 saturated heterocycles. The molecule has 0 unspecified atom stereocenters. The van der Waals surface area contributed by atoms with Crippen molar-refractivity contribution in [1.29, 1.82) is 0 Å². The third-order valence-electron chi connectivity index (χ3n) is 1.99. The van der Waals surface area contributed by atoms with Crippen molar-refractivity contribution >= 4 is 5.95 Å². The molecule has 1 N–H and O–H groups in total. The monoisotopic (exact) mass is 209 g/mol. The summed E-state index contributed by atoms with van der Waals surface area (Å²) in [7, 11) is 0. The number of ether oxygens (including phenoxy) is 1. The van der Waals surface area contributed by atoms with Crippen molar-refractivity contribution in [1.82, 2.24) is 9.55 Å². The number of anilines is 1. The zero-order valence-corrected chi connectivity index (χ0v) is 9.28. The van der Waals surface area contributed by atoms with E-state index in [9.17, 15) is 0 Å². The fraction of sp³-hybridized carbons (Fsp3) is 0.545. The molecular formula is C11H19N3O. The Kier molecular flexibility index (Phi) is 5.55. The van der Waals surface area contributed by atoms with E-state index in [0.717, 1.165) is 38.7 Å². The number of nitrogens with one attached hydrogen (secondary N) is 1. The third-order valence-corrected chi connectivity index (χ3v) is 1.99. The minimum atomic E-state index is 0.783. The predicted molar refractivity (Wildman–Crippen MR) is 62.0 cm³/mol. The molecule has 0 aliphatic heterocycles. The van der Waals surface area contributed by atoms with E-state index in [1.54, 1.807) is 6.20 Å². The van der Waals surface area contributed by atoms with Gasteiger partial charge in [-0.2, -0.15) is 0 Å². The second-order valence-corrected chi connectivity index (χ2v) is 3.17. The number of aromatic nitrogens is 2. The van der Waals surface area contributed by atoms with Crippen LogP contribution in [0.2, 0.25) is 0 Å². The molecule has 0 atom stereocenters. The summed E-state index contributed by atoms with van der Waals surface area (Å²) in [5.41, 5.74) is 0. The van der Waals surface area contributed by atoms with Gasteiger partial charge in [-0.1, -0.05) is 6.08 Å². The first-order chi connectivity index (χ1) is 7.38. The van der Waals surface area contributed by atoms with E-state index in [2.05, 4.69) is 16.9 Å². The van der Waals surface area contributed by atoms with Crippen molar-refractivity contribution in [2.24, 2.45) is 0 Å². The Morgan fingerprint density at radius 1 is 1.67 bits per heavy atom. The molecule has 1 rings (SSSR count). The fourth-order valence-corrected chi connectivity index (χ4v) is 1.28. The molecule has 0 bridgehead atoms. The van der Waals surface area contributed by atoms with Crippen LogP contribution < -0.4 is 5.32 Å². The third kappa shape index (κ3) is 4.16. The van der Waals surface area contributed by atoms with Crippen LogP contribution in [0.5, 0.6) is 0 Å². The van der Waals surface area contributed by atoms with Gasteiger partial charge in [0.05, 0.1) is 0 Å². The van der Waals surface area contributed by atoms with Crippen LogP contribution in [0, 0.1) is 0 Å². The minimum absolute atomic E-state index is 0.783. The van der Waals surface area contributed by atoms with E-state index in [1.165, 1.54) is 0 Å². The Hall–Kier alpha value is -1.29. The Morgan fingerprint density at radius 3 is 3.27 bits per heavy atom. The number of allylic oxidation sites excluding steroid dienone is 1. The van der Waals surface area contributed by atoms with Gasteiger partial charge in [0.1, 0.15) is 0 Å². The molecule has 4 heteroatoms. The molecule has 4 nitrogen and oxygen atoms in total. The van der Waals surface area contributed by atoms with Gasteiger partial charge in [0, 0.05) is 38.7 Å². The molecule has 0 radical (unpaired) electrons. The molecule has 1 aromatic heterocycles. The highest BCUT2D eigenvalue weighted by Crippen LogP contribution is 2.03. The molecule has 0 aliphatic rings. The summed E-state index contributed by atoms with van der Waals surface area (Å²) >= 11 is 0. The van der Waals surface area contributed by atoms with Crippen molar-refractivity contribution in [3.05, 3.63) is 25.0 Å². The molecule has 0 fully saturated rings. The zero-order chi connectivity index (χ0) is 10.9. The van der Waals surface area contributed by atoms with Gasteiger partial charge >= 0.3 is 0 Å². The lowest BCUT2D eigenvalue weighted by atomic mass is 10.4. The van der Waals surface area contributed by atoms with Gasteiger partial charge in [-0.15, -0.1) is 6.58 Å². The molecule has 1 aromatic rings. The largest absolute Gasteiger partial charge is 0.382 e. The molecular weight excluding hydrogens is 190 g/mol. The van der Waals surface area contributed by atoms with E-state index >= 15 is 0 Å². The molecule has 0 aromatic carbocycles.